The molecule has 9 heteroatoms. The Labute approximate surface area is 210 Å². The number of rotatable bonds is 10. The molecule has 3 aromatic rings. The van der Waals surface area contributed by atoms with Gasteiger partial charge in [-0.1, -0.05) is 12.8 Å². The third-order valence-corrected chi connectivity index (χ3v) is 7.26. The maximum Gasteiger partial charge on any atom is 0.356 e. The minimum absolute atomic E-state index is 0.0324. The van der Waals surface area contributed by atoms with Crippen molar-refractivity contribution >= 4 is 16.9 Å². The zero-order chi connectivity index (χ0) is 25.4. The van der Waals surface area contributed by atoms with Crippen molar-refractivity contribution in [3.05, 3.63) is 46.9 Å². The van der Waals surface area contributed by atoms with Crippen molar-refractivity contribution in [1.82, 2.24) is 14.8 Å². The molecule has 0 spiro atoms. The van der Waals surface area contributed by atoms with Gasteiger partial charge < -0.3 is 24.4 Å². The Morgan fingerprint density at radius 1 is 1.11 bits per heavy atom. The van der Waals surface area contributed by atoms with E-state index in [1.54, 1.807) is 18.9 Å². The summed E-state index contributed by atoms with van der Waals surface area (Å²) in [5.74, 6) is 0.475. The average Bonchev–Trinajstić information content (AvgIpc) is 3.44. The Balaban J connectivity index is 1.49. The van der Waals surface area contributed by atoms with E-state index in [2.05, 4.69) is 10.1 Å². The lowest BCUT2D eigenvalue weighted by molar-refractivity contribution is -0.0845. The van der Waals surface area contributed by atoms with E-state index in [1.165, 1.54) is 0 Å². The van der Waals surface area contributed by atoms with Crippen molar-refractivity contribution in [2.45, 2.75) is 76.2 Å². The van der Waals surface area contributed by atoms with Crippen molar-refractivity contribution in [3.8, 4) is 11.5 Å². The van der Waals surface area contributed by atoms with E-state index < -0.39 is 18.2 Å². The van der Waals surface area contributed by atoms with Crippen LogP contribution in [-0.2, 0) is 11.3 Å². The van der Waals surface area contributed by atoms with Gasteiger partial charge in [-0.25, -0.2) is 9.78 Å². The zero-order valence-corrected chi connectivity index (χ0v) is 20.9. The van der Waals surface area contributed by atoms with E-state index in [0.717, 1.165) is 55.2 Å². The summed E-state index contributed by atoms with van der Waals surface area (Å²) in [4.78, 5) is 16.3. The number of methoxy groups -OCH3 is 2. The SMILES string of the molecule is COc1cc([C@@H](O)[C@H](Cn2cc3cc(C4CC4)nc(C(=O)O)c3n2)OC2CCCC2)cc(OC)c1C. The number of benzene rings is 1. The maximum absolute atomic E-state index is 11.9. The summed E-state index contributed by atoms with van der Waals surface area (Å²) in [6, 6.07) is 5.55. The van der Waals surface area contributed by atoms with Gasteiger partial charge in [0.25, 0.3) is 0 Å². The van der Waals surface area contributed by atoms with Gasteiger partial charge in [-0.05, 0) is 56.4 Å². The third kappa shape index (κ3) is 4.90. The zero-order valence-electron chi connectivity index (χ0n) is 20.9. The molecule has 2 saturated carbocycles. The summed E-state index contributed by atoms with van der Waals surface area (Å²) >= 11 is 0. The van der Waals surface area contributed by atoms with E-state index in [1.807, 2.05) is 31.3 Å². The first-order chi connectivity index (χ1) is 17.4. The van der Waals surface area contributed by atoms with Crippen LogP contribution in [0.1, 0.15) is 77.9 Å². The number of fused-ring (bicyclic) bond motifs is 1. The lowest BCUT2D eigenvalue weighted by atomic mass is 10.0. The molecule has 2 aliphatic rings. The molecule has 0 aliphatic heterocycles. The van der Waals surface area contributed by atoms with Crippen LogP contribution >= 0.6 is 0 Å². The third-order valence-electron chi connectivity index (χ3n) is 7.26. The highest BCUT2D eigenvalue weighted by Gasteiger charge is 2.31. The van der Waals surface area contributed by atoms with Crippen LogP contribution in [0.3, 0.4) is 0 Å². The van der Waals surface area contributed by atoms with E-state index >= 15 is 0 Å². The summed E-state index contributed by atoms with van der Waals surface area (Å²) in [6.45, 7) is 2.16. The average molecular weight is 496 g/mol. The van der Waals surface area contributed by atoms with Gasteiger partial charge in [0.1, 0.15) is 29.2 Å². The Morgan fingerprint density at radius 2 is 1.78 bits per heavy atom. The summed E-state index contributed by atoms with van der Waals surface area (Å²) < 4.78 is 19.1. The number of aromatic carboxylic acids is 1. The predicted molar refractivity (Wildman–Crippen MR) is 133 cm³/mol. The molecule has 5 rings (SSSR count). The Hall–Kier alpha value is -3.17. The molecule has 2 heterocycles. The van der Waals surface area contributed by atoms with Crippen molar-refractivity contribution in [1.29, 1.82) is 0 Å². The molecule has 2 aliphatic carbocycles. The second kappa shape index (κ2) is 10.1. The topological polar surface area (TPSA) is 116 Å². The monoisotopic (exact) mass is 495 g/mol. The lowest BCUT2D eigenvalue weighted by Gasteiger charge is -2.27. The van der Waals surface area contributed by atoms with Crippen LogP contribution in [0, 0.1) is 6.92 Å². The van der Waals surface area contributed by atoms with E-state index in [0.29, 0.717) is 28.5 Å². The summed E-state index contributed by atoms with van der Waals surface area (Å²) in [5, 5.41) is 26.5. The summed E-state index contributed by atoms with van der Waals surface area (Å²) in [5.41, 5.74) is 2.59. The normalized spacial score (nSPS) is 17.9. The van der Waals surface area contributed by atoms with Gasteiger partial charge in [0, 0.05) is 28.8 Å². The highest BCUT2D eigenvalue weighted by atomic mass is 16.5. The first-order valence-electron chi connectivity index (χ1n) is 12.5. The molecule has 0 amide bonds. The number of pyridine rings is 1. The number of carboxylic acids is 1. The lowest BCUT2D eigenvalue weighted by Crippen LogP contribution is -2.31. The van der Waals surface area contributed by atoms with Crippen molar-refractivity contribution in [2.24, 2.45) is 0 Å². The van der Waals surface area contributed by atoms with Gasteiger partial charge in [0.05, 0.1) is 26.9 Å². The molecule has 0 bridgehead atoms. The number of ether oxygens (including phenoxy) is 3. The fourth-order valence-corrected chi connectivity index (χ4v) is 5.10. The first-order valence-corrected chi connectivity index (χ1v) is 12.5. The molecular weight excluding hydrogens is 462 g/mol. The van der Waals surface area contributed by atoms with Crippen molar-refractivity contribution in [3.63, 3.8) is 0 Å². The van der Waals surface area contributed by atoms with Crippen LogP contribution in [0.5, 0.6) is 11.5 Å². The minimum Gasteiger partial charge on any atom is -0.496 e. The quantitative estimate of drug-likeness (QED) is 0.425. The van der Waals surface area contributed by atoms with Crippen LogP contribution in [0.4, 0.5) is 0 Å². The fourth-order valence-electron chi connectivity index (χ4n) is 5.10. The van der Waals surface area contributed by atoms with Crippen LogP contribution in [0.15, 0.2) is 24.4 Å². The predicted octanol–water partition coefficient (Wildman–Crippen LogP) is 4.39. The van der Waals surface area contributed by atoms with Gasteiger partial charge in [-0.3, -0.25) is 4.68 Å². The van der Waals surface area contributed by atoms with Gasteiger partial charge in [-0.2, -0.15) is 5.10 Å². The summed E-state index contributed by atoms with van der Waals surface area (Å²) in [7, 11) is 3.17. The van der Waals surface area contributed by atoms with E-state index in [9.17, 15) is 15.0 Å². The highest BCUT2D eigenvalue weighted by molar-refractivity contribution is 5.99. The van der Waals surface area contributed by atoms with Gasteiger partial charge in [0.2, 0.25) is 0 Å². The van der Waals surface area contributed by atoms with Crippen molar-refractivity contribution < 1.29 is 29.2 Å². The van der Waals surface area contributed by atoms with Crippen LogP contribution < -0.4 is 9.47 Å². The van der Waals surface area contributed by atoms with E-state index in [-0.39, 0.29) is 18.3 Å². The molecule has 9 nitrogen and oxygen atoms in total. The maximum atomic E-state index is 11.9. The minimum atomic E-state index is -1.09. The van der Waals surface area contributed by atoms with Crippen LogP contribution in [-0.4, -0.2) is 57.4 Å². The molecule has 2 fully saturated rings. The van der Waals surface area contributed by atoms with Crippen LogP contribution in [0.25, 0.3) is 10.9 Å². The molecule has 192 valence electrons. The Morgan fingerprint density at radius 3 is 2.36 bits per heavy atom. The molecule has 2 N–H and O–H groups in total. The number of nitrogens with zero attached hydrogens (tertiary/aromatic N) is 3. The molecular formula is C27H33N3O6. The number of aliphatic hydroxyl groups is 1. The van der Waals surface area contributed by atoms with Gasteiger partial charge in [-0.15, -0.1) is 0 Å². The first kappa shape index (κ1) is 24.5. The van der Waals surface area contributed by atoms with Crippen molar-refractivity contribution in [2.75, 3.05) is 14.2 Å². The largest absolute Gasteiger partial charge is 0.496 e. The Bertz CT molecular complexity index is 1240. The fraction of sp³-hybridized carbons (Fsp3) is 0.519. The molecule has 0 radical (unpaired) electrons. The number of aromatic nitrogens is 3. The molecule has 1 aromatic carbocycles. The Kier molecular flexibility index (Phi) is 6.85. The van der Waals surface area contributed by atoms with Gasteiger partial charge >= 0.3 is 5.97 Å². The number of hydrogen-bond acceptors (Lipinski definition) is 7. The van der Waals surface area contributed by atoms with Crippen LogP contribution in [0.2, 0.25) is 0 Å². The second-order valence-electron chi connectivity index (χ2n) is 9.84. The molecule has 2 aromatic heterocycles. The number of hydrogen-bond donors (Lipinski definition) is 2. The molecule has 36 heavy (non-hydrogen) atoms. The molecule has 0 saturated heterocycles. The van der Waals surface area contributed by atoms with Gasteiger partial charge in [0.15, 0.2) is 5.69 Å². The number of carbonyl (C=O) groups is 1. The molecule has 2 atom stereocenters. The van der Waals surface area contributed by atoms with E-state index in [4.69, 9.17) is 14.2 Å². The number of aliphatic hydroxyl groups excluding tert-OH is 1. The number of carboxylic acid groups (broad SMARTS) is 1. The highest BCUT2D eigenvalue weighted by Crippen LogP contribution is 2.40. The molecule has 0 unspecified atom stereocenters. The second-order valence-corrected chi connectivity index (χ2v) is 9.84. The summed E-state index contributed by atoms with van der Waals surface area (Å²) in [6.07, 6.45) is 6.45. The smallest absolute Gasteiger partial charge is 0.356 e. The standard InChI is InChI=1S/C27H33N3O6/c1-15-21(34-2)11-17(12-22(15)35-3)26(31)23(36-19-6-4-5-7-19)14-30-13-18-10-20(16-8-9-16)28-25(27(32)33)24(18)29-30/h10-13,16,19,23,26,31H,4-9,14H2,1-3H3,(H,32,33)/t23-,26+/m0/s1.